The second-order valence-electron chi connectivity index (χ2n) is 6.83. The lowest BCUT2D eigenvalue weighted by Crippen LogP contribution is -2.39. The highest BCUT2D eigenvalue weighted by atomic mass is 79.9. The molecule has 0 atom stereocenters. The molecular weight excluding hydrogens is 510 g/mol. The van der Waals surface area contributed by atoms with Crippen molar-refractivity contribution in [1.82, 2.24) is 15.1 Å². The van der Waals surface area contributed by atoms with Gasteiger partial charge in [0.05, 0.1) is 19.4 Å². The van der Waals surface area contributed by atoms with Gasteiger partial charge in [-0.2, -0.15) is 0 Å². The molecule has 0 unspecified atom stereocenters. The van der Waals surface area contributed by atoms with E-state index in [1.165, 1.54) is 23.3 Å². The van der Waals surface area contributed by atoms with Crippen LogP contribution in [0.15, 0.2) is 53.0 Å². The number of nitrogens with zero attached hydrogens (tertiary/aromatic N) is 3. The molecule has 0 aliphatic heterocycles. The fourth-order valence-electron chi connectivity index (χ4n) is 2.86. The molecule has 0 fully saturated rings. The van der Waals surface area contributed by atoms with Crippen LogP contribution in [0.3, 0.4) is 0 Å². The van der Waals surface area contributed by atoms with Gasteiger partial charge in [-0.1, -0.05) is 51.5 Å². The Bertz CT molecular complexity index is 1080. The van der Waals surface area contributed by atoms with E-state index in [-0.39, 0.29) is 24.9 Å². The lowest BCUT2D eigenvalue weighted by Gasteiger charge is -2.23. The van der Waals surface area contributed by atoms with Gasteiger partial charge in [0.1, 0.15) is 10.8 Å². The number of para-hydroxylation sites is 2. The summed E-state index contributed by atoms with van der Waals surface area (Å²) in [4.78, 5) is 26.8. The maximum atomic E-state index is 12.8. The van der Waals surface area contributed by atoms with E-state index < -0.39 is 0 Å². The standard InChI is InChI=1S/C22H24BrN5O4S/c1-31-14-13-28(22(30)24-17-5-3-4-6-18(17)32-2)12-11-19(29)25-21-27-26-20(33-21)15-7-9-16(23)10-8-15/h3-10H,11-14H2,1-2H3,(H,24,30)(H,25,27,29). The summed E-state index contributed by atoms with van der Waals surface area (Å²) in [6.45, 7) is 0.875. The molecule has 3 amide bonds. The molecule has 174 valence electrons. The van der Waals surface area contributed by atoms with Gasteiger partial charge in [0, 0.05) is 36.7 Å². The Morgan fingerprint density at radius 3 is 2.52 bits per heavy atom. The molecule has 0 bridgehead atoms. The summed E-state index contributed by atoms with van der Waals surface area (Å²) in [6.07, 6.45) is 0.0935. The Labute approximate surface area is 204 Å². The highest BCUT2D eigenvalue weighted by molar-refractivity contribution is 9.10. The number of methoxy groups -OCH3 is 2. The second kappa shape index (κ2) is 12.3. The van der Waals surface area contributed by atoms with Crippen LogP contribution in [-0.2, 0) is 9.53 Å². The summed E-state index contributed by atoms with van der Waals surface area (Å²) in [6, 6.07) is 14.4. The fraction of sp³-hybridized carbons (Fsp3) is 0.273. The zero-order chi connectivity index (χ0) is 23.6. The molecular formula is C22H24BrN5O4S. The van der Waals surface area contributed by atoms with Gasteiger partial charge in [-0.25, -0.2) is 4.79 Å². The summed E-state index contributed by atoms with van der Waals surface area (Å²) < 4.78 is 11.4. The minimum atomic E-state index is -0.349. The van der Waals surface area contributed by atoms with Crippen LogP contribution in [0.1, 0.15) is 6.42 Å². The molecule has 0 radical (unpaired) electrons. The maximum Gasteiger partial charge on any atom is 0.322 e. The Kier molecular flexibility index (Phi) is 9.16. The number of nitrogens with one attached hydrogen (secondary N) is 2. The number of urea groups is 1. The van der Waals surface area contributed by atoms with Crippen LogP contribution in [0.25, 0.3) is 10.6 Å². The second-order valence-corrected chi connectivity index (χ2v) is 8.72. The molecule has 2 N–H and O–H groups in total. The van der Waals surface area contributed by atoms with Crippen molar-refractivity contribution >= 4 is 50.0 Å². The van der Waals surface area contributed by atoms with Gasteiger partial charge in [0.15, 0.2) is 0 Å². The number of hydrogen-bond donors (Lipinski definition) is 2. The molecule has 0 aliphatic carbocycles. The average molecular weight is 534 g/mol. The Hall–Kier alpha value is -3.02. The lowest BCUT2D eigenvalue weighted by atomic mass is 10.2. The number of aromatic nitrogens is 2. The number of rotatable bonds is 10. The number of halogens is 1. The van der Waals surface area contributed by atoms with Crippen LogP contribution in [0.4, 0.5) is 15.6 Å². The Morgan fingerprint density at radius 2 is 1.79 bits per heavy atom. The van der Waals surface area contributed by atoms with Crippen molar-refractivity contribution in [2.75, 3.05) is 44.5 Å². The minimum absolute atomic E-state index is 0.0935. The summed E-state index contributed by atoms with van der Waals surface area (Å²) in [7, 11) is 3.09. The SMILES string of the molecule is COCCN(CCC(=O)Nc1nnc(-c2ccc(Br)cc2)s1)C(=O)Nc1ccccc1OC. The largest absolute Gasteiger partial charge is 0.495 e. The van der Waals surface area contributed by atoms with Crippen molar-refractivity contribution < 1.29 is 19.1 Å². The summed E-state index contributed by atoms with van der Waals surface area (Å²) in [5.74, 6) is 0.286. The maximum absolute atomic E-state index is 12.8. The first kappa shape index (κ1) is 24.6. The molecule has 3 aromatic rings. The normalized spacial score (nSPS) is 10.5. The zero-order valence-corrected chi connectivity index (χ0v) is 20.6. The first-order valence-electron chi connectivity index (χ1n) is 10.1. The van der Waals surface area contributed by atoms with E-state index in [2.05, 4.69) is 36.8 Å². The van der Waals surface area contributed by atoms with E-state index in [9.17, 15) is 9.59 Å². The van der Waals surface area contributed by atoms with Gasteiger partial charge < -0.3 is 25.0 Å². The van der Waals surface area contributed by atoms with Crippen molar-refractivity contribution in [2.45, 2.75) is 6.42 Å². The van der Waals surface area contributed by atoms with Gasteiger partial charge in [0.2, 0.25) is 11.0 Å². The van der Waals surface area contributed by atoms with Crippen LogP contribution in [0, 0.1) is 0 Å². The smallest absolute Gasteiger partial charge is 0.322 e. The molecule has 3 rings (SSSR count). The van der Waals surface area contributed by atoms with Gasteiger partial charge in [0.25, 0.3) is 0 Å². The van der Waals surface area contributed by atoms with Gasteiger partial charge in [-0.05, 0) is 24.3 Å². The number of amides is 3. The van der Waals surface area contributed by atoms with E-state index in [1.54, 1.807) is 25.3 Å². The third-order valence-electron chi connectivity index (χ3n) is 4.57. The first-order valence-corrected chi connectivity index (χ1v) is 11.7. The zero-order valence-electron chi connectivity index (χ0n) is 18.2. The van der Waals surface area contributed by atoms with Crippen molar-refractivity contribution in [3.8, 4) is 16.3 Å². The quantitative estimate of drug-likeness (QED) is 0.397. The molecule has 1 aromatic heterocycles. The van der Waals surface area contributed by atoms with Crippen molar-refractivity contribution in [1.29, 1.82) is 0 Å². The molecule has 33 heavy (non-hydrogen) atoms. The van der Waals surface area contributed by atoms with E-state index >= 15 is 0 Å². The summed E-state index contributed by atoms with van der Waals surface area (Å²) >= 11 is 4.68. The van der Waals surface area contributed by atoms with E-state index in [0.29, 0.717) is 34.7 Å². The lowest BCUT2D eigenvalue weighted by molar-refractivity contribution is -0.116. The van der Waals surface area contributed by atoms with Crippen LogP contribution < -0.4 is 15.4 Å². The number of hydrogen-bond acceptors (Lipinski definition) is 7. The summed E-state index contributed by atoms with van der Waals surface area (Å²) in [5, 5.41) is 14.8. The molecule has 0 saturated heterocycles. The van der Waals surface area contributed by atoms with Crippen molar-refractivity contribution in [3.05, 3.63) is 53.0 Å². The topological polar surface area (TPSA) is 106 Å². The predicted molar refractivity (Wildman–Crippen MR) is 132 cm³/mol. The monoisotopic (exact) mass is 533 g/mol. The van der Waals surface area contributed by atoms with Crippen LogP contribution >= 0.6 is 27.3 Å². The highest BCUT2D eigenvalue weighted by Crippen LogP contribution is 2.27. The number of anilines is 2. The number of benzene rings is 2. The molecule has 9 nitrogen and oxygen atoms in total. The molecule has 1 heterocycles. The molecule has 0 saturated carbocycles. The number of carbonyl (C=O) groups is 2. The van der Waals surface area contributed by atoms with E-state index in [0.717, 1.165) is 10.0 Å². The number of carbonyl (C=O) groups excluding carboxylic acids is 2. The van der Waals surface area contributed by atoms with Crippen LogP contribution in [0.2, 0.25) is 0 Å². The van der Waals surface area contributed by atoms with E-state index in [1.807, 2.05) is 30.3 Å². The Balaban J connectivity index is 1.57. The van der Waals surface area contributed by atoms with Gasteiger partial charge in [-0.3, -0.25) is 4.79 Å². The van der Waals surface area contributed by atoms with Crippen molar-refractivity contribution in [2.24, 2.45) is 0 Å². The molecule has 0 aliphatic rings. The molecule has 0 spiro atoms. The predicted octanol–water partition coefficient (Wildman–Crippen LogP) is 4.49. The fourth-order valence-corrected chi connectivity index (χ4v) is 3.89. The minimum Gasteiger partial charge on any atom is -0.495 e. The Morgan fingerprint density at radius 1 is 1.03 bits per heavy atom. The van der Waals surface area contributed by atoms with Crippen LogP contribution in [-0.4, -0.2) is 61.0 Å². The number of ether oxygens (including phenoxy) is 2. The van der Waals surface area contributed by atoms with Crippen molar-refractivity contribution in [3.63, 3.8) is 0 Å². The summed E-state index contributed by atoms with van der Waals surface area (Å²) in [5.41, 5.74) is 1.46. The molecule has 2 aromatic carbocycles. The first-order chi connectivity index (χ1) is 16.0. The van der Waals surface area contributed by atoms with Gasteiger partial charge >= 0.3 is 6.03 Å². The van der Waals surface area contributed by atoms with E-state index in [4.69, 9.17) is 9.47 Å². The average Bonchev–Trinajstić information content (AvgIpc) is 3.28. The third kappa shape index (κ3) is 7.24. The van der Waals surface area contributed by atoms with Crippen LogP contribution in [0.5, 0.6) is 5.75 Å². The molecule has 11 heteroatoms. The highest BCUT2D eigenvalue weighted by Gasteiger charge is 2.17. The third-order valence-corrected chi connectivity index (χ3v) is 5.99. The van der Waals surface area contributed by atoms with Gasteiger partial charge in [-0.15, -0.1) is 10.2 Å².